The third-order valence-electron chi connectivity index (χ3n) is 7.41. The van der Waals surface area contributed by atoms with Crippen LogP contribution in [0.3, 0.4) is 0 Å². The van der Waals surface area contributed by atoms with Crippen LogP contribution in [0.5, 0.6) is 0 Å². The van der Waals surface area contributed by atoms with Crippen LogP contribution in [0.1, 0.15) is 43.2 Å². The summed E-state index contributed by atoms with van der Waals surface area (Å²) in [4.78, 5) is 13.8. The second kappa shape index (κ2) is 10.1. The van der Waals surface area contributed by atoms with Gasteiger partial charge in [-0.15, -0.1) is 0 Å². The van der Waals surface area contributed by atoms with E-state index in [0.717, 1.165) is 52.6 Å². The van der Waals surface area contributed by atoms with E-state index in [0.29, 0.717) is 5.11 Å². The van der Waals surface area contributed by atoms with Crippen molar-refractivity contribution in [1.29, 1.82) is 0 Å². The van der Waals surface area contributed by atoms with Gasteiger partial charge in [0, 0.05) is 43.1 Å². The zero-order chi connectivity index (χ0) is 25.4. The first-order valence-corrected chi connectivity index (χ1v) is 13.5. The summed E-state index contributed by atoms with van der Waals surface area (Å²) in [6.45, 7) is 4.39. The minimum Gasteiger partial charge on any atom is -0.370 e. The molecule has 37 heavy (non-hydrogen) atoms. The number of pyridine rings is 2. The summed E-state index contributed by atoms with van der Waals surface area (Å²) in [5.41, 5.74) is 4.03. The van der Waals surface area contributed by atoms with E-state index >= 15 is 0 Å². The van der Waals surface area contributed by atoms with Crippen LogP contribution in [0.15, 0.2) is 85.3 Å². The molecule has 0 spiro atoms. The molecule has 2 unspecified atom stereocenters. The number of nitrogens with one attached hydrogen (secondary N) is 1. The van der Waals surface area contributed by atoms with E-state index in [4.69, 9.17) is 23.8 Å². The fourth-order valence-electron chi connectivity index (χ4n) is 5.43. The molecule has 2 saturated heterocycles. The Morgan fingerprint density at radius 1 is 0.946 bits per heavy atom. The summed E-state index contributed by atoms with van der Waals surface area (Å²) < 4.78 is 2.12. The van der Waals surface area contributed by atoms with Gasteiger partial charge in [0.1, 0.15) is 11.9 Å². The summed E-state index contributed by atoms with van der Waals surface area (Å²) in [6, 6.07) is 22.1. The molecule has 3 aromatic heterocycles. The lowest BCUT2D eigenvalue weighted by molar-refractivity contribution is 0.438. The molecule has 1 N–H and O–H groups in total. The number of rotatable bonds is 5. The molecule has 2 fully saturated rings. The van der Waals surface area contributed by atoms with Gasteiger partial charge in [-0.25, -0.2) is 4.98 Å². The number of halogens is 1. The average molecular weight is 529 g/mol. The van der Waals surface area contributed by atoms with Crippen LogP contribution >= 0.6 is 23.8 Å². The highest BCUT2D eigenvalue weighted by Gasteiger charge is 2.42. The number of aromatic nitrogens is 3. The molecule has 2 aliphatic heterocycles. The van der Waals surface area contributed by atoms with Crippen molar-refractivity contribution < 1.29 is 0 Å². The Bertz CT molecular complexity index is 1380. The lowest BCUT2D eigenvalue weighted by Gasteiger charge is -2.33. The fraction of sp³-hybridized carbons (Fsp3) is 0.276. The van der Waals surface area contributed by atoms with Crippen molar-refractivity contribution in [1.82, 2.24) is 19.9 Å². The van der Waals surface area contributed by atoms with Gasteiger partial charge < -0.3 is 19.7 Å². The Kier molecular flexibility index (Phi) is 6.57. The molecular formula is C29H29ClN6S. The molecule has 6 rings (SSSR count). The molecule has 0 aliphatic carbocycles. The molecule has 6 nitrogen and oxygen atoms in total. The summed E-state index contributed by atoms with van der Waals surface area (Å²) in [5.74, 6) is 1.62. The van der Waals surface area contributed by atoms with Crippen LogP contribution < -0.4 is 15.1 Å². The van der Waals surface area contributed by atoms with E-state index in [1.165, 1.54) is 12.8 Å². The number of piperidine rings is 1. The Balaban J connectivity index is 1.42. The van der Waals surface area contributed by atoms with Crippen LogP contribution in [0.2, 0.25) is 5.02 Å². The number of anilines is 2. The smallest absolute Gasteiger partial charge is 0.174 e. The standard InChI is InChI=1S/C29H29ClN6S/c1-20-12-17-34(18-13-20)24-11-10-21(19-22(24)30)36-28(27(33-29(36)37)23-7-2-4-14-31-23)25-8-6-16-35(25)26-9-3-5-15-32-26/h2-11,14-16,19-20,27-28H,12-13,17-18H2,1H3,(H,33,37). The lowest BCUT2D eigenvalue weighted by atomic mass is 9.98. The Morgan fingerprint density at radius 3 is 2.43 bits per heavy atom. The molecule has 4 aromatic rings. The van der Waals surface area contributed by atoms with Gasteiger partial charge >= 0.3 is 0 Å². The van der Waals surface area contributed by atoms with E-state index in [1.54, 1.807) is 0 Å². The van der Waals surface area contributed by atoms with Gasteiger partial charge in [0.05, 0.1) is 22.4 Å². The lowest BCUT2D eigenvalue weighted by Crippen LogP contribution is -2.33. The van der Waals surface area contributed by atoms with Gasteiger partial charge in [0.15, 0.2) is 5.11 Å². The fourth-order valence-corrected chi connectivity index (χ4v) is 6.07. The maximum atomic E-state index is 6.92. The number of thiocarbonyl (C=S) groups is 1. The van der Waals surface area contributed by atoms with Crippen molar-refractivity contribution >= 4 is 40.3 Å². The number of nitrogens with zero attached hydrogens (tertiary/aromatic N) is 5. The zero-order valence-electron chi connectivity index (χ0n) is 20.7. The first-order chi connectivity index (χ1) is 18.1. The predicted octanol–water partition coefficient (Wildman–Crippen LogP) is 6.33. The molecular weight excluding hydrogens is 500 g/mol. The van der Waals surface area contributed by atoms with Crippen LogP contribution in [0, 0.1) is 5.92 Å². The van der Waals surface area contributed by atoms with Crippen molar-refractivity contribution in [3.63, 3.8) is 0 Å². The molecule has 0 radical (unpaired) electrons. The summed E-state index contributed by atoms with van der Waals surface area (Å²) in [5, 5.41) is 4.93. The van der Waals surface area contributed by atoms with Gasteiger partial charge in [-0.05, 0) is 85.6 Å². The van der Waals surface area contributed by atoms with Gasteiger partial charge in [0.25, 0.3) is 0 Å². The summed E-state index contributed by atoms with van der Waals surface area (Å²) in [6.07, 6.45) is 8.06. The topological polar surface area (TPSA) is 49.2 Å². The van der Waals surface area contributed by atoms with E-state index in [-0.39, 0.29) is 12.1 Å². The molecule has 0 amide bonds. The van der Waals surface area contributed by atoms with Gasteiger partial charge in [-0.1, -0.05) is 30.7 Å². The first kappa shape index (κ1) is 23.9. The van der Waals surface area contributed by atoms with Crippen molar-refractivity contribution in [3.05, 3.63) is 102 Å². The summed E-state index contributed by atoms with van der Waals surface area (Å²) >= 11 is 12.9. The monoisotopic (exact) mass is 528 g/mol. The Morgan fingerprint density at radius 2 is 1.73 bits per heavy atom. The highest BCUT2D eigenvalue weighted by atomic mass is 35.5. The van der Waals surface area contributed by atoms with E-state index in [2.05, 4.69) is 54.8 Å². The maximum Gasteiger partial charge on any atom is 0.174 e. The largest absolute Gasteiger partial charge is 0.370 e. The van der Waals surface area contributed by atoms with E-state index in [9.17, 15) is 0 Å². The van der Waals surface area contributed by atoms with Gasteiger partial charge in [0.2, 0.25) is 0 Å². The Labute approximate surface area is 227 Å². The van der Waals surface area contributed by atoms with Crippen molar-refractivity contribution in [2.45, 2.75) is 31.8 Å². The van der Waals surface area contributed by atoms with E-state index < -0.39 is 0 Å². The molecule has 188 valence electrons. The van der Waals surface area contributed by atoms with E-state index in [1.807, 2.05) is 67.1 Å². The highest BCUT2D eigenvalue weighted by Crippen LogP contribution is 2.44. The first-order valence-electron chi connectivity index (χ1n) is 12.7. The molecule has 2 aliphatic rings. The average Bonchev–Trinajstić information content (AvgIpc) is 3.54. The third-order valence-corrected chi connectivity index (χ3v) is 8.03. The molecule has 2 atom stereocenters. The highest BCUT2D eigenvalue weighted by molar-refractivity contribution is 7.80. The molecule has 0 saturated carbocycles. The van der Waals surface area contributed by atoms with Crippen molar-refractivity contribution in [2.24, 2.45) is 5.92 Å². The van der Waals surface area contributed by atoms with Crippen molar-refractivity contribution in [2.75, 3.05) is 22.9 Å². The van der Waals surface area contributed by atoms with Crippen LogP contribution in [0.25, 0.3) is 5.82 Å². The SMILES string of the molecule is CC1CCN(c2ccc(N3C(=S)NC(c4ccccn4)C3c3cccn3-c3ccccn3)cc2Cl)CC1. The third kappa shape index (κ3) is 4.58. The predicted molar refractivity (Wildman–Crippen MR) is 154 cm³/mol. The van der Waals surface area contributed by atoms with Crippen LogP contribution in [-0.4, -0.2) is 32.7 Å². The zero-order valence-corrected chi connectivity index (χ0v) is 22.2. The van der Waals surface area contributed by atoms with Gasteiger partial charge in [-0.3, -0.25) is 4.98 Å². The quantitative estimate of drug-likeness (QED) is 0.305. The molecule has 1 aromatic carbocycles. The molecule has 0 bridgehead atoms. The second-order valence-corrected chi connectivity index (χ2v) is 10.6. The molecule has 8 heteroatoms. The van der Waals surface area contributed by atoms with Gasteiger partial charge in [-0.2, -0.15) is 0 Å². The number of hydrogen-bond donors (Lipinski definition) is 1. The minimum absolute atomic E-state index is 0.145. The number of benzene rings is 1. The minimum atomic E-state index is -0.155. The second-order valence-electron chi connectivity index (χ2n) is 9.79. The van der Waals surface area contributed by atoms with Crippen LogP contribution in [-0.2, 0) is 0 Å². The van der Waals surface area contributed by atoms with Crippen molar-refractivity contribution in [3.8, 4) is 5.82 Å². The number of hydrogen-bond acceptors (Lipinski definition) is 4. The Hall–Kier alpha value is -3.42. The summed E-state index contributed by atoms with van der Waals surface area (Å²) in [7, 11) is 0. The maximum absolute atomic E-state index is 6.92. The normalized spacial score (nSPS) is 20.3. The van der Waals surface area contributed by atoms with Crippen LogP contribution in [0.4, 0.5) is 11.4 Å². The molecule has 5 heterocycles.